The van der Waals surface area contributed by atoms with Gasteiger partial charge in [-0.1, -0.05) is 20.3 Å². The van der Waals surface area contributed by atoms with E-state index >= 15 is 0 Å². The molecular weight excluding hydrogens is 398 g/mol. The van der Waals surface area contributed by atoms with Crippen molar-refractivity contribution < 1.29 is 9.59 Å². The first-order chi connectivity index (χ1) is 15.3. The molecule has 1 atom stereocenters. The quantitative estimate of drug-likeness (QED) is 0.513. The van der Waals surface area contributed by atoms with E-state index < -0.39 is 0 Å². The Morgan fingerprint density at radius 1 is 1.12 bits per heavy atom. The number of hydrogen-bond donors (Lipinski definition) is 0. The summed E-state index contributed by atoms with van der Waals surface area (Å²) < 4.78 is 2.08. The molecule has 0 aliphatic heterocycles. The molecule has 0 unspecified atom stereocenters. The van der Waals surface area contributed by atoms with Crippen LogP contribution in [0.15, 0.2) is 18.3 Å². The van der Waals surface area contributed by atoms with Crippen molar-refractivity contribution in [2.45, 2.75) is 91.1 Å². The molecule has 0 radical (unpaired) electrons. The van der Waals surface area contributed by atoms with Gasteiger partial charge >= 0.3 is 0 Å². The summed E-state index contributed by atoms with van der Waals surface area (Å²) in [5, 5.41) is 0. The van der Waals surface area contributed by atoms with Crippen LogP contribution in [0.2, 0.25) is 0 Å². The molecule has 5 heteroatoms. The lowest BCUT2D eigenvalue weighted by atomic mass is 9.49. The van der Waals surface area contributed by atoms with Crippen LogP contribution in [0.1, 0.15) is 84.3 Å². The number of aryl methyl sites for hydroxylation is 1. The van der Waals surface area contributed by atoms with E-state index in [1.807, 2.05) is 29.1 Å². The molecule has 0 spiro atoms. The maximum Gasteiger partial charge on any atom is 0.242 e. The topological polar surface area (TPSA) is 45.6 Å². The number of carbonyl (C=O) groups is 2. The number of amides is 2. The van der Waals surface area contributed by atoms with Crippen molar-refractivity contribution in [3.63, 3.8) is 0 Å². The number of nitrogens with zero attached hydrogens (tertiary/aromatic N) is 3. The number of rotatable bonds is 10. The van der Waals surface area contributed by atoms with E-state index in [9.17, 15) is 9.59 Å². The Bertz CT molecular complexity index is 778. The second-order valence-electron chi connectivity index (χ2n) is 11.2. The molecular formula is C27H43N3O2. The standard InChI is InChI=1S/C27H43N3O2/c1-5-7-11-29(18-24-9-8-10-28(24)4)25(31)19-30(20(3)6-2)26(32)27-15-21-12-22(16-27)14-23(13-21)17-27/h8-10,20-23H,5-7,11-19H2,1-4H3/t20-,21?,22?,23?,27?/m1/s1. The maximum atomic E-state index is 14.1. The summed E-state index contributed by atoms with van der Waals surface area (Å²) in [6.45, 7) is 8.01. The Kier molecular flexibility index (Phi) is 7.02. The van der Waals surface area contributed by atoms with Crippen molar-refractivity contribution in [3.05, 3.63) is 24.0 Å². The summed E-state index contributed by atoms with van der Waals surface area (Å²) in [4.78, 5) is 31.6. The third kappa shape index (κ3) is 4.63. The minimum atomic E-state index is -0.190. The molecule has 1 aromatic heterocycles. The van der Waals surface area contributed by atoms with E-state index in [4.69, 9.17) is 0 Å². The maximum absolute atomic E-state index is 14.1. The smallest absolute Gasteiger partial charge is 0.242 e. The van der Waals surface area contributed by atoms with Gasteiger partial charge in [0.25, 0.3) is 0 Å². The summed E-state index contributed by atoms with van der Waals surface area (Å²) in [6.07, 6.45) is 12.1. The number of unbranched alkanes of at least 4 members (excludes halogenated alkanes) is 1. The molecule has 0 aromatic carbocycles. The zero-order chi connectivity index (χ0) is 22.9. The van der Waals surface area contributed by atoms with Gasteiger partial charge in [-0.25, -0.2) is 0 Å². The van der Waals surface area contributed by atoms with Gasteiger partial charge in [0.1, 0.15) is 6.54 Å². The number of aromatic nitrogens is 1. The second kappa shape index (κ2) is 9.61. The van der Waals surface area contributed by atoms with Gasteiger partial charge in [0, 0.05) is 31.5 Å². The molecule has 4 saturated carbocycles. The molecule has 1 heterocycles. The van der Waals surface area contributed by atoms with E-state index in [1.165, 1.54) is 19.3 Å². The summed E-state index contributed by atoms with van der Waals surface area (Å²) in [7, 11) is 2.03. The van der Waals surface area contributed by atoms with Crippen LogP contribution >= 0.6 is 0 Å². The molecule has 4 aliphatic rings. The lowest BCUT2D eigenvalue weighted by Crippen LogP contribution is -2.57. The van der Waals surface area contributed by atoms with Crippen molar-refractivity contribution in [2.24, 2.45) is 30.2 Å². The van der Waals surface area contributed by atoms with Crippen molar-refractivity contribution in [1.29, 1.82) is 0 Å². The van der Waals surface area contributed by atoms with Gasteiger partial charge in [-0.2, -0.15) is 0 Å². The van der Waals surface area contributed by atoms with Gasteiger partial charge in [0.15, 0.2) is 0 Å². The van der Waals surface area contributed by atoms with Gasteiger partial charge < -0.3 is 14.4 Å². The van der Waals surface area contributed by atoms with E-state index in [2.05, 4.69) is 31.4 Å². The Labute approximate surface area is 194 Å². The third-order valence-electron chi connectivity index (χ3n) is 8.72. The molecule has 5 nitrogen and oxygen atoms in total. The summed E-state index contributed by atoms with van der Waals surface area (Å²) in [5.41, 5.74) is 0.946. The summed E-state index contributed by atoms with van der Waals surface area (Å²) in [6, 6.07) is 4.21. The molecule has 2 amide bonds. The molecule has 178 valence electrons. The monoisotopic (exact) mass is 441 g/mol. The third-order valence-corrected chi connectivity index (χ3v) is 8.72. The fraction of sp³-hybridized carbons (Fsp3) is 0.778. The molecule has 5 rings (SSSR count). The minimum Gasteiger partial charge on any atom is -0.353 e. The fourth-order valence-electron chi connectivity index (χ4n) is 7.07. The molecule has 4 aliphatic carbocycles. The lowest BCUT2D eigenvalue weighted by Gasteiger charge is -2.57. The van der Waals surface area contributed by atoms with Gasteiger partial charge in [-0.05, 0) is 88.2 Å². The van der Waals surface area contributed by atoms with Gasteiger partial charge in [-0.15, -0.1) is 0 Å². The molecule has 0 N–H and O–H groups in total. The summed E-state index contributed by atoms with van der Waals surface area (Å²) in [5.74, 6) is 2.58. The zero-order valence-electron chi connectivity index (χ0n) is 20.7. The second-order valence-corrected chi connectivity index (χ2v) is 11.2. The molecule has 4 fully saturated rings. The Hall–Kier alpha value is -1.78. The first-order valence-electron chi connectivity index (χ1n) is 13.0. The lowest BCUT2D eigenvalue weighted by molar-refractivity contribution is -0.162. The normalized spacial score (nSPS) is 29.2. The molecule has 4 bridgehead atoms. The van der Waals surface area contributed by atoms with Crippen molar-refractivity contribution in [2.75, 3.05) is 13.1 Å². The largest absolute Gasteiger partial charge is 0.353 e. The number of carbonyl (C=O) groups excluding carboxylic acids is 2. The van der Waals surface area contributed by atoms with Crippen molar-refractivity contribution >= 4 is 11.8 Å². The highest BCUT2D eigenvalue weighted by Gasteiger charge is 2.56. The van der Waals surface area contributed by atoms with Gasteiger partial charge in [-0.3, -0.25) is 9.59 Å². The van der Waals surface area contributed by atoms with Crippen LogP contribution in [0.5, 0.6) is 0 Å². The first kappa shape index (κ1) is 23.4. The Balaban J connectivity index is 1.51. The van der Waals surface area contributed by atoms with Crippen LogP contribution in [0.4, 0.5) is 0 Å². The van der Waals surface area contributed by atoms with Crippen LogP contribution in [-0.4, -0.2) is 45.3 Å². The highest BCUT2D eigenvalue weighted by Crippen LogP contribution is 2.60. The van der Waals surface area contributed by atoms with Gasteiger partial charge in [0.2, 0.25) is 11.8 Å². The van der Waals surface area contributed by atoms with E-state index in [1.54, 1.807) is 0 Å². The molecule has 0 saturated heterocycles. The van der Waals surface area contributed by atoms with Crippen LogP contribution in [0.3, 0.4) is 0 Å². The highest BCUT2D eigenvalue weighted by atomic mass is 16.2. The predicted octanol–water partition coefficient (Wildman–Crippen LogP) is 5.00. The predicted molar refractivity (Wildman–Crippen MR) is 128 cm³/mol. The summed E-state index contributed by atoms with van der Waals surface area (Å²) >= 11 is 0. The minimum absolute atomic E-state index is 0.0954. The van der Waals surface area contributed by atoms with Crippen molar-refractivity contribution in [3.8, 4) is 0 Å². The SMILES string of the molecule is CCCCN(Cc1cccn1C)C(=O)CN(C(=O)C12CC3CC(CC(C3)C1)C2)[C@H](C)CC. The van der Waals surface area contributed by atoms with Crippen molar-refractivity contribution in [1.82, 2.24) is 14.4 Å². The highest BCUT2D eigenvalue weighted by molar-refractivity contribution is 5.88. The van der Waals surface area contributed by atoms with Crippen LogP contribution in [-0.2, 0) is 23.2 Å². The molecule has 1 aromatic rings. The zero-order valence-corrected chi connectivity index (χ0v) is 20.7. The average Bonchev–Trinajstić information content (AvgIpc) is 3.17. The van der Waals surface area contributed by atoms with E-state index in [0.717, 1.165) is 68.5 Å². The van der Waals surface area contributed by atoms with Gasteiger partial charge in [0.05, 0.1) is 12.0 Å². The average molecular weight is 442 g/mol. The Morgan fingerprint density at radius 3 is 2.25 bits per heavy atom. The van der Waals surface area contributed by atoms with E-state index in [-0.39, 0.29) is 29.8 Å². The Morgan fingerprint density at radius 2 is 1.75 bits per heavy atom. The number of hydrogen-bond acceptors (Lipinski definition) is 2. The van der Waals surface area contributed by atoms with Crippen LogP contribution in [0, 0.1) is 23.2 Å². The van der Waals surface area contributed by atoms with E-state index in [0.29, 0.717) is 6.54 Å². The molecule has 32 heavy (non-hydrogen) atoms. The first-order valence-corrected chi connectivity index (χ1v) is 13.0. The van der Waals surface area contributed by atoms with Crippen LogP contribution < -0.4 is 0 Å². The fourth-order valence-corrected chi connectivity index (χ4v) is 7.07. The van der Waals surface area contributed by atoms with Crippen LogP contribution in [0.25, 0.3) is 0 Å².